The van der Waals surface area contributed by atoms with Gasteiger partial charge in [-0.2, -0.15) is 13.2 Å². The maximum atomic E-state index is 12.8. The van der Waals surface area contributed by atoms with Crippen LogP contribution in [0.5, 0.6) is 11.5 Å². The van der Waals surface area contributed by atoms with Crippen molar-refractivity contribution in [3.63, 3.8) is 0 Å². The van der Waals surface area contributed by atoms with E-state index in [0.717, 1.165) is 17.7 Å². The van der Waals surface area contributed by atoms with Crippen molar-refractivity contribution in [3.05, 3.63) is 83.9 Å². The highest BCUT2D eigenvalue weighted by Gasteiger charge is 2.31. The van der Waals surface area contributed by atoms with Gasteiger partial charge in [-0.1, -0.05) is 30.3 Å². The van der Waals surface area contributed by atoms with Crippen molar-refractivity contribution in [2.24, 2.45) is 0 Å². The van der Waals surface area contributed by atoms with E-state index in [1.165, 1.54) is 6.07 Å². The Morgan fingerprint density at radius 3 is 2.19 bits per heavy atom. The first-order chi connectivity index (χ1) is 12.9. The lowest BCUT2D eigenvalue weighted by Crippen LogP contribution is -2.09. The van der Waals surface area contributed by atoms with Gasteiger partial charge in [0.15, 0.2) is 5.75 Å². The number of anilines is 2. The molecular weight excluding hydrogens is 357 g/mol. The Morgan fingerprint density at radius 2 is 1.52 bits per heavy atom. The number of halogens is 3. The summed E-state index contributed by atoms with van der Waals surface area (Å²) in [6.07, 6.45) is -4.48. The minimum Gasteiger partial charge on any atom is -0.489 e. The predicted molar refractivity (Wildman–Crippen MR) is 97.3 cm³/mol. The Morgan fingerprint density at radius 1 is 0.852 bits per heavy atom. The van der Waals surface area contributed by atoms with Crippen LogP contribution in [0, 0.1) is 0 Å². The van der Waals surface area contributed by atoms with E-state index >= 15 is 0 Å². The minimum atomic E-state index is -4.48. The number of rotatable bonds is 6. The van der Waals surface area contributed by atoms with E-state index in [2.05, 4.69) is 5.48 Å². The molecule has 0 saturated heterocycles. The summed E-state index contributed by atoms with van der Waals surface area (Å²) in [6.45, 7) is 0.433. The SMILES string of the molecule is Nc1cc(NOc2ccc(OCc3ccccc3)cc2)cc(C(F)(F)F)c1. The molecule has 3 aromatic rings. The number of nitrogens with one attached hydrogen (secondary N) is 1. The van der Waals surface area contributed by atoms with Crippen LogP contribution < -0.4 is 20.8 Å². The molecule has 4 nitrogen and oxygen atoms in total. The van der Waals surface area contributed by atoms with E-state index in [4.69, 9.17) is 15.3 Å². The third-order valence-electron chi connectivity index (χ3n) is 3.64. The summed E-state index contributed by atoms with van der Waals surface area (Å²) < 4.78 is 44.1. The fourth-order valence-corrected chi connectivity index (χ4v) is 2.34. The lowest BCUT2D eigenvalue weighted by Gasteiger charge is -2.13. The van der Waals surface area contributed by atoms with Crippen LogP contribution in [0.25, 0.3) is 0 Å². The second kappa shape index (κ2) is 7.90. The van der Waals surface area contributed by atoms with Crippen LogP contribution in [0.15, 0.2) is 72.8 Å². The molecule has 3 rings (SSSR count). The van der Waals surface area contributed by atoms with E-state index in [9.17, 15) is 13.2 Å². The Balaban J connectivity index is 1.58. The van der Waals surface area contributed by atoms with Crippen molar-refractivity contribution in [1.29, 1.82) is 0 Å². The van der Waals surface area contributed by atoms with Crippen LogP contribution in [0.4, 0.5) is 24.5 Å². The van der Waals surface area contributed by atoms with E-state index in [1.54, 1.807) is 24.3 Å². The van der Waals surface area contributed by atoms with Crippen molar-refractivity contribution in [2.75, 3.05) is 11.2 Å². The number of ether oxygens (including phenoxy) is 1. The van der Waals surface area contributed by atoms with Gasteiger partial charge in [-0.05, 0) is 48.0 Å². The summed E-state index contributed by atoms with van der Waals surface area (Å²) >= 11 is 0. The summed E-state index contributed by atoms with van der Waals surface area (Å²) in [4.78, 5) is 5.30. The third kappa shape index (κ3) is 5.31. The molecule has 140 valence electrons. The van der Waals surface area contributed by atoms with Gasteiger partial charge in [0.05, 0.1) is 11.3 Å². The zero-order valence-corrected chi connectivity index (χ0v) is 14.2. The summed E-state index contributed by atoms with van der Waals surface area (Å²) in [5.41, 5.74) is 8.27. The Bertz CT molecular complexity index is 882. The molecule has 3 aromatic carbocycles. The zero-order chi connectivity index (χ0) is 19.3. The predicted octanol–water partition coefficient (Wildman–Crippen LogP) is 5.27. The van der Waals surface area contributed by atoms with Gasteiger partial charge in [0, 0.05) is 5.69 Å². The summed E-state index contributed by atoms with van der Waals surface area (Å²) in [5, 5.41) is 0. The first-order valence-electron chi connectivity index (χ1n) is 8.07. The normalized spacial score (nSPS) is 11.1. The molecule has 0 aromatic heterocycles. The van der Waals surface area contributed by atoms with Gasteiger partial charge in [-0.3, -0.25) is 0 Å². The van der Waals surface area contributed by atoms with Crippen LogP contribution in [-0.2, 0) is 12.8 Å². The van der Waals surface area contributed by atoms with E-state index in [-0.39, 0.29) is 11.4 Å². The van der Waals surface area contributed by atoms with Gasteiger partial charge in [-0.25, -0.2) is 5.48 Å². The lowest BCUT2D eigenvalue weighted by molar-refractivity contribution is -0.137. The number of alkyl halides is 3. The van der Waals surface area contributed by atoms with Crippen LogP contribution >= 0.6 is 0 Å². The van der Waals surface area contributed by atoms with Gasteiger partial charge in [0.25, 0.3) is 0 Å². The highest BCUT2D eigenvalue weighted by atomic mass is 19.4. The third-order valence-corrected chi connectivity index (χ3v) is 3.64. The van der Waals surface area contributed by atoms with E-state index < -0.39 is 11.7 Å². The minimum absolute atomic E-state index is 0.0133. The molecule has 0 radical (unpaired) electrons. The molecule has 0 heterocycles. The van der Waals surface area contributed by atoms with E-state index in [0.29, 0.717) is 18.1 Å². The molecule has 27 heavy (non-hydrogen) atoms. The van der Waals surface area contributed by atoms with Crippen LogP contribution in [0.1, 0.15) is 11.1 Å². The van der Waals surface area contributed by atoms with E-state index in [1.807, 2.05) is 30.3 Å². The largest absolute Gasteiger partial charge is 0.489 e. The molecule has 0 atom stereocenters. The van der Waals surface area contributed by atoms with Gasteiger partial charge in [0.2, 0.25) is 0 Å². The second-order valence-electron chi connectivity index (χ2n) is 5.79. The molecule has 0 aliphatic heterocycles. The van der Waals surface area contributed by atoms with Crippen molar-refractivity contribution in [3.8, 4) is 11.5 Å². The summed E-state index contributed by atoms with van der Waals surface area (Å²) in [5.74, 6) is 1.06. The van der Waals surface area contributed by atoms with Gasteiger partial charge < -0.3 is 15.3 Å². The van der Waals surface area contributed by atoms with Gasteiger partial charge >= 0.3 is 6.18 Å². The average molecular weight is 374 g/mol. The lowest BCUT2D eigenvalue weighted by atomic mass is 10.1. The van der Waals surface area contributed by atoms with Crippen molar-refractivity contribution in [1.82, 2.24) is 0 Å². The van der Waals surface area contributed by atoms with Gasteiger partial charge in [0.1, 0.15) is 12.4 Å². The molecule has 0 unspecified atom stereocenters. The molecule has 0 aliphatic carbocycles. The molecule has 3 N–H and O–H groups in total. The number of nitrogens with two attached hydrogens (primary N) is 1. The highest BCUT2D eigenvalue weighted by molar-refractivity contribution is 5.57. The Kier molecular flexibility index (Phi) is 5.40. The highest BCUT2D eigenvalue weighted by Crippen LogP contribution is 2.32. The maximum absolute atomic E-state index is 12.8. The average Bonchev–Trinajstić information content (AvgIpc) is 2.65. The first kappa shape index (κ1) is 18.4. The second-order valence-corrected chi connectivity index (χ2v) is 5.79. The quantitative estimate of drug-likeness (QED) is 0.456. The fourth-order valence-electron chi connectivity index (χ4n) is 2.34. The van der Waals surface area contributed by atoms with Crippen molar-refractivity contribution in [2.45, 2.75) is 12.8 Å². The zero-order valence-electron chi connectivity index (χ0n) is 14.2. The summed E-state index contributed by atoms with van der Waals surface area (Å²) in [7, 11) is 0. The van der Waals surface area contributed by atoms with Gasteiger partial charge in [-0.15, -0.1) is 0 Å². The number of nitrogen functional groups attached to an aromatic ring is 1. The fraction of sp³-hybridized carbons (Fsp3) is 0.100. The molecule has 0 spiro atoms. The number of hydrogen-bond acceptors (Lipinski definition) is 4. The van der Waals surface area contributed by atoms with Crippen LogP contribution in [0.3, 0.4) is 0 Å². The molecule has 0 bridgehead atoms. The topological polar surface area (TPSA) is 56.5 Å². The smallest absolute Gasteiger partial charge is 0.416 e. The molecule has 0 saturated carbocycles. The summed E-state index contributed by atoms with van der Waals surface area (Å²) in [6, 6.07) is 19.6. The molecule has 0 aliphatic rings. The first-order valence-corrected chi connectivity index (χ1v) is 8.07. The molecule has 0 amide bonds. The maximum Gasteiger partial charge on any atom is 0.416 e. The molecule has 7 heteroatoms. The Labute approximate surface area is 154 Å². The monoisotopic (exact) mass is 374 g/mol. The number of hydrogen-bond donors (Lipinski definition) is 2. The molecule has 0 fully saturated rings. The van der Waals surface area contributed by atoms with Crippen molar-refractivity contribution < 1.29 is 22.7 Å². The Hall–Kier alpha value is -3.35. The standard InChI is InChI=1S/C20H17F3N2O2/c21-20(22,23)15-10-16(24)12-17(11-15)25-27-19-8-6-18(7-9-19)26-13-14-4-2-1-3-5-14/h1-12,25H,13,24H2. The van der Waals surface area contributed by atoms with Crippen LogP contribution in [-0.4, -0.2) is 0 Å². The number of benzene rings is 3. The van der Waals surface area contributed by atoms with Crippen molar-refractivity contribution >= 4 is 11.4 Å². The van der Waals surface area contributed by atoms with Crippen LogP contribution in [0.2, 0.25) is 0 Å². The molecular formula is C20H17F3N2O2.